The zero-order chi connectivity index (χ0) is 19.6. The topological polar surface area (TPSA) is 52.6 Å². The Morgan fingerprint density at radius 1 is 0.654 bits per heavy atom. The lowest BCUT2D eigenvalue weighted by atomic mass is 10.1. The van der Waals surface area contributed by atoms with E-state index in [1.54, 1.807) is 0 Å². The van der Waals surface area contributed by atoms with Crippen molar-refractivity contribution in [3.05, 3.63) is 0 Å². The maximum Gasteiger partial charge on any atom is 0.306 e. The van der Waals surface area contributed by atoms with E-state index in [2.05, 4.69) is 20.8 Å². The largest absolute Gasteiger partial charge is 0.463 e. The van der Waals surface area contributed by atoms with Crippen LogP contribution < -0.4 is 0 Å². The van der Waals surface area contributed by atoms with E-state index < -0.39 is 0 Å². The summed E-state index contributed by atoms with van der Waals surface area (Å²) >= 11 is 0. The molecule has 0 heterocycles. The third-order valence-corrected chi connectivity index (χ3v) is 4.62. The van der Waals surface area contributed by atoms with Crippen LogP contribution in [0.2, 0.25) is 0 Å². The van der Waals surface area contributed by atoms with E-state index >= 15 is 0 Å². The van der Waals surface area contributed by atoms with Crippen LogP contribution in [0.3, 0.4) is 0 Å². The first-order valence-corrected chi connectivity index (χ1v) is 10.9. The van der Waals surface area contributed by atoms with Crippen LogP contribution in [0.15, 0.2) is 0 Å². The highest BCUT2D eigenvalue weighted by Gasteiger charge is 2.16. The number of esters is 2. The molecule has 0 aliphatic carbocycles. The molecule has 0 N–H and O–H groups in total. The summed E-state index contributed by atoms with van der Waals surface area (Å²) < 4.78 is 10.9. The highest BCUT2D eigenvalue weighted by atomic mass is 16.5. The monoisotopic (exact) mass is 370 g/mol. The van der Waals surface area contributed by atoms with Gasteiger partial charge in [-0.3, -0.25) is 9.59 Å². The van der Waals surface area contributed by atoms with Crippen molar-refractivity contribution in [3.63, 3.8) is 0 Å². The van der Waals surface area contributed by atoms with E-state index in [-0.39, 0.29) is 37.0 Å². The average molecular weight is 371 g/mol. The van der Waals surface area contributed by atoms with Gasteiger partial charge in [-0.25, -0.2) is 0 Å². The minimum Gasteiger partial charge on any atom is -0.463 e. The van der Waals surface area contributed by atoms with Crippen LogP contribution in [0.5, 0.6) is 0 Å². The molecular formula is C22H42O4. The summed E-state index contributed by atoms with van der Waals surface area (Å²) in [6.07, 6.45) is 13.4. The summed E-state index contributed by atoms with van der Waals surface area (Å²) in [6.45, 7) is 8.37. The summed E-state index contributed by atoms with van der Waals surface area (Å²) in [4.78, 5) is 23.8. The van der Waals surface area contributed by atoms with E-state index in [0.717, 1.165) is 44.9 Å². The summed E-state index contributed by atoms with van der Waals surface area (Å²) in [5.74, 6) is -0.568. The molecular weight excluding hydrogens is 328 g/mol. The molecule has 0 radical (unpaired) electrons. The molecule has 4 heteroatoms. The molecule has 0 bridgehead atoms. The Balaban J connectivity index is 3.85. The highest BCUT2D eigenvalue weighted by Crippen LogP contribution is 2.14. The molecule has 0 aromatic carbocycles. The van der Waals surface area contributed by atoms with Gasteiger partial charge in [-0.2, -0.15) is 0 Å². The molecule has 0 aromatic rings. The SMILES string of the molecule is CCCCCCCCC(C)OC(=O)CCC(=O)OC(CCC)CCCC. The number of ether oxygens (including phenoxy) is 2. The maximum atomic E-state index is 11.9. The van der Waals surface area contributed by atoms with Gasteiger partial charge in [-0.15, -0.1) is 0 Å². The van der Waals surface area contributed by atoms with Crippen LogP contribution in [-0.4, -0.2) is 24.1 Å². The first-order valence-electron chi connectivity index (χ1n) is 10.9. The van der Waals surface area contributed by atoms with Crippen LogP contribution in [0.4, 0.5) is 0 Å². The second-order valence-electron chi connectivity index (χ2n) is 7.40. The van der Waals surface area contributed by atoms with Crippen molar-refractivity contribution in [2.75, 3.05) is 0 Å². The van der Waals surface area contributed by atoms with Crippen LogP contribution in [0, 0.1) is 0 Å². The van der Waals surface area contributed by atoms with Gasteiger partial charge in [-0.1, -0.05) is 72.1 Å². The van der Waals surface area contributed by atoms with Crippen LogP contribution in [0.1, 0.15) is 118 Å². The lowest BCUT2D eigenvalue weighted by Gasteiger charge is -2.17. The highest BCUT2D eigenvalue weighted by molar-refractivity contribution is 5.77. The summed E-state index contributed by atoms with van der Waals surface area (Å²) in [6, 6.07) is 0. The Hall–Kier alpha value is -1.06. The van der Waals surface area contributed by atoms with Crippen molar-refractivity contribution >= 4 is 11.9 Å². The lowest BCUT2D eigenvalue weighted by molar-refractivity contribution is -0.156. The van der Waals surface area contributed by atoms with Gasteiger partial charge >= 0.3 is 11.9 Å². The van der Waals surface area contributed by atoms with Gasteiger partial charge in [0.2, 0.25) is 0 Å². The maximum absolute atomic E-state index is 11.9. The third-order valence-electron chi connectivity index (χ3n) is 4.62. The Morgan fingerprint density at radius 2 is 1.23 bits per heavy atom. The minimum absolute atomic E-state index is 0.00453. The molecule has 0 aliphatic heterocycles. The normalized spacial score (nSPS) is 13.2. The van der Waals surface area contributed by atoms with Crippen molar-refractivity contribution in [1.29, 1.82) is 0 Å². The molecule has 26 heavy (non-hydrogen) atoms. The molecule has 0 fully saturated rings. The predicted molar refractivity (Wildman–Crippen MR) is 107 cm³/mol. The van der Waals surface area contributed by atoms with Gasteiger partial charge in [0.15, 0.2) is 0 Å². The summed E-state index contributed by atoms with van der Waals surface area (Å²) in [7, 11) is 0. The number of hydrogen-bond acceptors (Lipinski definition) is 4. The first-order chi connectivity index (χ1) is 12.5. The van der Waals surface area contributed by atoms with E-state index in [9.17, 15) is 9.59 Å². The molecule has 0 aliphatic rings. The van der Waals surface area contributed by atoms with Crippen molar-refractivity contribution in [2.24, 2.45) is 0 Å². The molecule has 0 aromatic heterocycles. The van der Waals surface area contributed by atoms with Crippen molar-refractivity contribution in [2.45, 2.75) is 130 Å². The van der Waals surface area contributed by atoms with Crippen LogP contribution in [-0.2, 0) is 19.1 Å². The standard InChI is InChI=1S/C22H42O4/c1-5-8-10-11-12-13-15-19(4)25-21(23)17-18-22(24)26-20(14-7-3)16-9-6-2/h19-20H,5-18H2,1-4H3. The lowest BCUT2D eigenvalue weighted by Crippen LogP contribution is -2.20. The van der Waals surface area contributed by atoms with Gasteiger partial charge in [0.1, 0.15) is 6.10 Å². The number of hydrogen-bond donors (Lipinski definition) is 0. The Kier molecular flexibility index (Phi) is 16.7. The molecule has 0 amide bonds. The van der Waals surface area contributed by atoms with Crippen molar-refractivity contribution < 1.29 is 19.1 Å². The van der Waals surface area contributed by atoms with E-state index in [4.69, 9.17) is 9.47 Å². The molecule has 4 nitrogen and oxygen atoms in total. The molecule has 2 atom stereocenters. The van der Waals surface area contributed by atoms with Crippen LogP contribution >= 0.6 is 0 Å². The molecule has 0 rings (SSSR count). The Bertz CT molecular complexity index is 354. The second kappa shape index (κ2) is 17.4. The zero-order valence-corrected chi connectivity index (χ0v) is 17.7. The van der Waals surface area contributed by atoms with Gasteiger partial charge in [-0.05, 0) is 32.6 Å². The third kappa shape index (κ3) is 15.2. The molecule has 0 saturated carbocycles. The van der Waals surface area contributed by atoms with Gasteiger partial charge in [0, 0.05) is 0 Å². The first kappa shape index (κ1) is 24.9. The van der Waals surface area contributed by atoms with Crippen molar-refractivity contribution in [3.8, 4) is 0 Å². The second-order valence-corrected chi connectivity index (χ2v) is 7.40. The molecule has 2 unspecified atom stereocenters. The molecule has 0 saturated heterocycles. The van der Waals surface area contributed by atoms with Gasteiger partial charge in [0.05, 0.1) is 18.9 Å². The number of carbonyl (C=O) groups excluding carboxylic acids is 2. The van der Waals surface area contributed by atoms with Gasteiger partial charge < -0.3 is 9.47 Å². The fourth-order valence-electron chi connectivity index (χ4n) is 3.02. The predicted octanol–water partition coefficient (Wildman–Crippen LogP) is 6.35. The van der Waals surface area contributed by atoms with Gasteiger partial charge in [0.25, 0.3) is 0 Å². The summed E-state index contributed by atoms with van der Waals surface area (Å²) in [5.41, 5.74) is 0. The fourth-order valence-corrected chi connectivity index (χ4v) is 3.02. The van der Waals surface area contributed by atoms with E-state index in [0.29, 0.717) is 0 Å². The quantitative estimate of drug-likeness (QED) is 0.221. The van der Waals surface area contributed by atoms with Crippen molar-refractivity contribution in [1.82, 2.24) is 0 Å². The average Bonchev–Trinajstić information content (AvgIpc) is 2.61. The fraction of sp³-hybridized carbons (Fsp3) is 0.909. The Morgan fingerprint density at radius 3 is 1.85 bits per heavy atom. The minimum atomic E-state index is -0.291. The number of rotatable bonds is 17. The number of carbonyl (C=O) groups is 2. The number of unbranched alkanes of at least 4 members (excludes halogenated alkanes) is 6. The molecule has 154 valence electrons. The van der Waals surface area contributed by atoms with E-state index in [1.807, 2.05) is 6.92 Å². The molecule has 0 spiro atoms. The van der Waals surface area contributed by atoms with E-state index in [1.165, 1.54) is 32.1 Å². The Labute approximate surface area is 161 Å². The zero-order valence-electron chi connectivity index (χ0n) is 17.7. The smallest absolute Gasteiger partial charge is 0.306 e. The summed E-state index contributed by atoms with van der Waals surface area (Å²) in [5, 5.41) is 0. The van der Waals surface area contributed by atoms with Crippen LogP contribution in [0.25, 0.3) is 0 Å².